The molecule has 24 heavy (non-hydrogen) atoms. The van der Waals surface area contributed by atoms with Gasteiger partial charge in [0.05, 0.1) is 6.61 Å². The molecule has 0 amide bonds. The normalized spacial score (nSPS) is 10.7. The highest BCUT2D eigenvalue weighted by atomic mass is 32.1. The van der Waals surface area contributed by atoms with Gasteiger partial charge in [-0.05, 0) is 18.4 Å². The van der Waals surface area contributed by atoms with E-state index >= 15 is 0 Å². The molecule has 0 aliphatic rings. The van der Waals surface area contributed by atoms with Crippen LogP contribution < -0.4 is 5.32 Å². The van der Waals surface area contributed by atoms with Gasteiger partial charge in [0.2, 0.25) is 5.13 Å². The maximum Gasteiger partial charge on any atom is 0.206 e. The van der Waals surface area contributed by atoms with Crippen molar-refractivity contribution in [1.29, 1.82) is 0 Å². The third kappa shape index (κ3) is 5.15. The van der Waals surface area contributed by atoms with Crippen LogP contribution in [-0.2, 0) is 11.2 Å². The van der Waals surface area contributed by atoms with Gasteiger partial charge < -0.3 is 10.1 Å². The molecule has 1 N–H and O–H groups in total. The third-order valence-electron chi connectivity index (χ3n) is 3.57. The van der Waals surface area contributed by atoms with E-state index < -0.39 is 0 Å². The van der Waals surface area contributed by atoms with Gasteiger partial charge >= 0.3 is 0 Å². The summed E-state index contributed by atoms with van der Waals surface area (Å²) >= 11 is 1.58. The van der Waals surface area contributed by atoms with Gasteiger partial charge in [0.15, 0.2) is 0 Å². The predicted octanol–water partition coefficient (Wildman–Crippen LogP) is 4.27. The molecule has 124 valence electrons. The Morgan fingerprint density at radius 1 is 0.875 bits per heavy atom. The van der Waals surface area contributed by atoms with Gasteiger partial charge in [-0.25, -0.2) is 0 Å². The number of benzene rings is 2. The van der Waals surface area contributed by atoms with Gasteiger partial charge in [-0.2, -0.15) is 0 Å². The van der Waals surface area contributed by atoms with Crippen molar-refractivity contribution < 1.29 is 4.74 Å². The quantitative estimate of drug-likeness (QED) is 0.592. The van der Waals surface area contributed by atoms with Crippen LogP contribution in [0.15, 0.2) is 60.7 Å². The van der Waals surface area contributed by atoms with Crippen LogP contribution in [0, 0.1) is 0 Å². The molecule has 1 aromatic heterocycles. The van der Waals surface area contributed by atoms with Crippen LogP contribution in [0.2, 0.25) is 0 Å². The molecule has 2 aromatic carbocycles. The Labute approximate surface area is 146 Å². The van der Waals surface area contributed by atoms with E-state index in [9.17, 15) is 0 Å². The van der Waals surface area contributed by atoms with Crippen molar-refractivity contribution >= 4 is 16.5 Å². The van der Waals surface area contributed by atoms with Crippen LogP contribution >= 0.6 is 11.3 Å². The summed E-state index contributed by atoms with van der Waals surface area (Å²) in [7, 11) is 0. The van der Waals surface area contributed by atoms with E-state index in [1.807, 2.05) is 36.4 Å². The summed E-state index contributed by atoms with van der Waals surface area (Å²) in [5.74, 6) is 0. The van der Waals surface area contributed by atoms with Crippen molar-refractivity contribution in [2.45, 2.75) is 12.8 Å². The summed E-state index contributed by atoms with van der Waals surface area (Å²) in [5, 5.41) is 13.5. The summed E-state index contributed by atoms with van der Waals surface area (Å²) in [4.78, 5) is 0. The number of nitrogens with one attached hydrogen (secondary N) is 1. The van der Waals surface area contributed by atoms with Gasteiger partial charge in [0.1, 0.15) is 5.01 Å². The van der Waals surface area contributed by atoms with E-state index in [2.05, 4.69) is 39.8 Å². The van der Waals surface area contributed by atoms with E-state index in [0.29, 0.717) is 0 Å². The first kappa shape index (κ1) is 16.6. The SMILES string of the molecule is c1ccc(CCOCCCNc2nnc(-c3ccccc3)s2)cc1. The monoisotopic (exact) mass is 339 g/mol. The van der Waals surface area contributed by atoms with Gasteiger partial charge in [-0.3, -0.25) is 0 Å². The van der Waals surface area contributed by atoms with Crippen LogP contribution in [0.5, 0.6) is 0 Å². The lowest BCUT2D eigenvalue weighted by Crippen LogP contribution is -2.07. The molecule has 0 fully saturated rings. The van der Waals surface area contributed by atoms with Crippen molar-refractivity contribution in [3.05, 3.63) is 66.2 Å². The van der Waals surface area contributed by atoms with Crippen LogP contribution in [0.3, 0.4) is 0 Å². The van der Waals surface area contributed by atoms with Crippen LogP contribution in [-0.4, -0.2) is 30.0 Å². The molecule has 0 unspecified atom stereocenters. The van der Waals surface area contributed by atoms with Crippen LogP contribution in [0.1, 0.15) is 12.0 Å². The van der Waals surface area contributed by atoms with E-state index in [-0.39, 0.29) is 0 Å². The highest BCUT2D eigenvalue weighted by molar-refractivity contribution is 7.18. The zero-order valence-electron chi connectivity index (χ0n) is 13.5. The van der Waals surface area contributed by atoms with E-state index in [0.717, 1.165) is 48.3 Å². The second kappa shape index (κ2) is 9.15. The average molecular weight is 339 g/mol. The molecular formula is C19H21N3OS. The molecule has 0 spiro atoms. The minimum Gasteiger partial charge on any atom is -0.381 e. The summed E-state index contributed by atoms with van der Waals surface area (Å²) in [6, 6.07) is 20.5. The van der Waals surface area contributed by atoms with Gasteiger partial charge in [0, 0.05) is 18.7 Å². The average Bonchev–Trinajstić information content (AvgIpc) is 3.11. The molecule has 3 aromatic rings. The number of hydrogen-bond donors (Lipinski definition) is 1. The standard InChI is InChI=1S/C19H21N3OS/c1-3-8-16(9-4-1)12-15-23-14-7-13-20-19-22-21-18(24-19)17-10-5-2-6-11-17/h1-6,8-11H,7,12-15H2,(H,20,22). The number of rotatable bonds is 9. The summed E-state index contributed by atoms with van der Waals surface area (Å²) in [6.45, 7) is 2.36. The molecule has 3 rings (SSSR count). The molecule has 1 heterocycles. The van der Waals surface area contributed by atoms with E-state index in [1.54, 1.807) is 11.3 Å². The summed E-state index contributed by atoms with van der Waals surface area (Å²) in [6.07, 6.45) is 1.92. The second-order valence-electron chi connectivity index (χ2n) is 5.41. The number of aromatic nitrogens is 2. The third-order valence-corrected chi connectivity index (χ3v) is 4.50. The van der Waals surface area contributed by atoms with Gasteiger partial charge in [-0.15, -0.1) is 10.2 Å². The Hall–Kier alpha value is -2.24. The van der Waals surface area contributed by atoms with Gasteiger partial charge in [-0.1, -0.05) is 72.0 Å². The number of anilines is 1. The topological polar surface area (TPSA) is 47.0 Å². The van der Waals surface area contributed by atoms with Crippen LogP contribution in [0.25, 0.3) is 10.6 Å². The van der Waals surface area contributed by atoms with Crippen molar-refractivity contribution in [3.8, 4) is 10.6 Å². The van der Waals surface area contributed by atoms with E-state index in [1.165, 1.54) is 5.56 Å². The zero-order chi connectivity index (χ0) is 16.5. The fraction of sp³-hybridized carbons (Fsp3) is 0.263. The molecule has 4 nitrogen and oxygen atoms in total. The first-order valence-electron chi connectivity index (χ1n) is 8.16. The lowest BCUT2D eigenvalue weighted by Gasteiger charge is -2.05. The first-order valence-corrected chi connectivity index (χ1v) is 8.98. The highest BCUT2D eigenvalue weighted by Crippen LogP contribution is 2.25. The maximum atomic E-state index is 5.68. The molecule has 0 saturated carbocycles. The number of ether oxygens (including phenoxy) is 1. The molecule has 0 atom stereocenters. The minimum atomic E-state index is 0.754. The summed E-state index contributed by atoms with van der Waals surface area (Å²) < 4.78 is 5.68. The molecule has 5 heteroatoms. The van der Waals surface area contributed by atoms with Gasteiger partial charge in [0.25, 0.3) is 0 Å². The molecule has 0 aliphatic carbocycles. The van der Waals surface area contributed by atoms with Crippen LogP contribution in [0.4, 0.5) is 5.13 Å². The minimum absolute atomic E-state index is 0.754. The van der Waals surface area contributed by atoms with Crippen molar-refractivity contribution in [2.24, 2.45) is 0 Å². The smallest absolute Gasteiger partial charge is 0.206 e. The maximum absolute atomic E-state index is 5.68. The Bertz CT molecular complexity index is 716. The Morgan fingerprint density at radius 3 is 2.42 bits per heavy atom. The lowest BCUT2D eigenvalue weighted by atomic mass is 10.2. The molecule has 0 radical (unpaired) electrons. The highest BCUT2D eigenvalue weighted by Gasteiger charge is 2.05. The fourth-order valence-electron chi connectivity index (χ4n) is 2.30. The van der Waals surface area contributed by atoms with Crippen molar-refractivity contribution in [3.63, 3.8) is 0 Å². The van der Waals surface area contributed by atoms with Crippen molar-refractivity contribution in [1.82, 2.24) is 10.2 Å². The predicted molar refractivity (Wildman–Crippen MR) is 99.4 cm³/mol. The number of nitrogens with zero attached hydrogens (tertiary/aromatic N) is 2. The zero-order valence-corrected chi connectivity index (χ0v) is 14.3. The Morgan fingerprint density at radius 2 is 1.62 bits per heavy atom. The molecule has 0 bridgehead atoms. The first-order chi connectivity index (χ1) is 11.9. The molecule has 0 aliphatic heterocycles. The fourth-order valence-corrected chi connectivity index (χ4v) is 3.07. The Balaban J connectivity index is 1.30. The number of hydrogen-bond acceptors (Lipinski definition) is 5. The lowest BCUT2D eigenvalue weighted by molar-refractivity contribution is 0.137. The second-order valence-corrected chi connectivity index (χ2v) is 6.38. The Kier molecular flexibility index (Phi) is 6.33. The van der Waals surface area contributed by atoms with Crippen molar-refractivity contribution in [2.75, 3.05) is 25.1 Å². The largest absolute Gasteiger partial charge is 0.381 e. The summed E-state index contributed by atoms with van der Waals surface area (Å²) in [5.41, 5.74) is 2.42. The molecule has 0 saturated heterocycles. The van der Waals surface area contributed by atoms with E-state index in [4.69, 9.17) is 4.74 Å². The molecular weight excluding hydrogens is 318 g/mol.